The summed E-state index contributed by atoms with van der Waals surface area (Å²) in [5.74, 6) is 5.51. The van der Waals surface area contributed by atoms with Gasteiger partial charge in [-0.1, -0.05) is 0 Å². The molecule has 1 atom stereocenters. The highest BCUT2D eigenvalue weighted by Gasteiger charge is 2.19. The zero-order chi connectivity index (χ0) is 14.4. The van der Waals surface area contributed by atoms with Crippen molar-refractivity contribution >= 4 is 5.91 Å². The molecule has 110 valence electrons. The third-order valence-electron chi connectivity index (χ3n) is 3.49. The molecule has 1 aromatic carbocycles. The molecule has 3 N–H and O–H groups in total. The quantitative estimate of drug-likeness (QED) is 0.447. The molecule has 0 aromatic heterocycles. The topological polar surface area (TPSA) is 76.8 Å². The molecule has 0 radical (unpaired) electrons. The Hall–Kier alpha value is -1.63. The number of amides is 1. The second kappa shape index (κ2) is 7.23. The van der Waals surface area contributed by atoms with Gasteiger partial charge in [0, 0.05) is 24.8 Å². The van der Waals surface area contributed by atoms with Crippen LogP contribution in [0.1, 0.15) is 16.8 Å². The lowest BCUT2D eigenvalue weighted by molar-refractivity contribution is 0.0953. The van der Waals surface area contributed by atoms with Crippen molar-refractivity contribution in [2.24, 2.45) is 5.84 Å². The van der Waals surface area contributed by atoms with Crippen LogP contribution in [0.4, 0.5) is 0 Å². The number of carbonyl (C=O) groups excluding carboxylic acids is 1. The van der Waals surface area contributed by atoms with Crippen molar-refractivity contribution < 1.29 is 14.3 Å². The Morgan fingerprint density at radius 1 is 1.50 bits per heavy atom. The summed E-state index contributed by atoms with van der Waals surface area (Å²) >= 11 is 0. The van der Waals surface area contributed by atoms with Crippen molar-refractivity contribution in [2.45, 2.75) is 12.5 Å². The highest BCUT2D eigenvalue weighted by atomic mass is 16.5. The molecule has 1 fully saturated rings. The number of nitrogens with zero attached hydrogens (tertiary/aromatic N) is 1. The molecule has 2 rings (SSSR count). The fraction of sp³-hybridized carbons (Fsp3) is 0.500. The second-order valence-corrected chi connectivity index (χ2v) is 4.84. The minimum absolute atomic E-state index is 0.308. The van der Waals surface area contributed by atoms with Crippen molar-refractivity contribution in [1.29, 1.82) is 0 Å². The van der Waals surface area contributed by atoms with E-state index in [1.165, 1.54) is 0 Å². The Bertz CT molecular complexity index is 430. The molecule has 1 unspecified atom stereocenters. The highest BCUT2D eigenvalue weighted by molar-refractivity contribution is 5.93. The fourth-order valence-corrected chi connectivity index (χ4v) is 2.15. The Morgan fingerprint density at radius 3 is 2.85 bits per heavy atom. The molecular weight excluding hydrogens is 258 g/mol. The maximum Gasteiger partial charge on any atom is 0.265 e. The average molecular weight is 279 g/mol. The van der Waals surface area contributed by atoms with Gasteiger partial charge in [0.2, 0.25) is 0 Å². The summed E-state index contributed by atoms with van der Waals surface area (Å²) in [7, 11) is 2.08. The molecule has 0 spiro atoms. The summed E-state index contributed by atoms with van der Waals surface area (Å²) in [6.45, 7) is 3.11. The van der Waals surface area contributed by atoms with E-state index in [0.29, 0.717) is 18.2 Å². The molecule has 1 heterocycles. The summed E-state index contributed by atoms with van der Waals surface area (Å²) in [5, 5.41) is 0. The lowest BCUT2D eigenvalue weighted by atomic mass is 10.2. The summed E-state index contributed by atoms with van der Waals surface area (Å²) in [5.41, 5.74) is 2.61. The van der Waals surface area contributed by atoms with Gasteiger partial charge in [-0.2, -0.15) is 0 Å². The third kappa shape index (κ3) is 3.93. The largest absolute Gasteiger partial charge is 0.492 e. The molecule has 1 amide bonds. The van der Waals surface area contributed by atoms with Crippen LogP contribution < -0.4 is 16.0 Å². The highest BCUT2D eigenvalue weighted by Crippen LogP contribution is 2.13. The predicted octanol–water partition coefficient (Wildman–Crippen LogP) is 0.390. The van der Waals surface area contributed by atoms with E-state index >= 15 is 0 Å². The molecule has 1 saturated heterocycles. The minimum Gasteiger partial charge on any atom is -0.492 e. The number of hydrogen-bond donors (Lipinski definition) is 2. The Balaban J connectivity index is 1.75. The number of ether oxygens (including phenoxy) is 2. The van der Waals surface area contributed by atoms with Crippen molar-refractivity contribution in [3.8, 4) is 5.75 Å². The van der Waals surface area contributed by atoms with E-state index in [4.69, 9.17) is 15.3 Å². The van der Waals surface area contributed by atoms with E-state index in [-0.39, 0.29) is 5.91 Å². The van der Waals surface area contributed by atoms with Gasteiger partial charge in [0.1, 0.15) is 12.4 Å². The van der Waals surface area contributed by atoms with E-state index in [2.05, 4.69) is 17.4 Å². The first kappa shape index (κ1) is 14.8. The van der Waals surface area contributed by atoms with Crippen LogP contribution in [0.5, 0.6) is 5.75 Å². The SMILES string of the molecule is CN(CCOc1ccc(C(=O)NN)cc1)C1CCOC1. The first-order valence-corrected chi connectivity index (χ1v) is 6.72. The number of nitrogens with one attached hydrogen (secondary N) is 1. The lowest BCUT2D eigenvalue weighted by Crippen LogP contribution is -2.35. The Labute approximate surface area is 118 Å². The van der Waals surface area contributed by atoms with Gasteiger partial charge in [0.25, 0.3) is 5.91 Å². The van der Waals surface area contributed by atoms with Crippen LogP contribution in [0, 0.1) is 0 Å². The van der Waals surface area contributed by atoms with Gasteiger partial charge >= 0.3 is 0 Å². The van der Waals surface area contributed by atoms with Crippen LogP contribution >= 0.6 is 0 Å². The first-order valence-electron chi connectivity index (χ1n) is 6.72. The van der Waals surface area contributed by atoms with Crippen LogP contribution in [-0.4, -0.2) is 50.3 Å². The van der Waals surface area contributed by atoms with Crippen LogP contribution in [0.15, 0.2) is 24.3 Å². The van der Waals surface area contributed by atoms with Crippen LogP contribution in [0.3, 0.4) is 0 Å². The van der Waals surface area contributed by atoms with Crippen LogP contribution in [0.25, 0.3) is 0 Å². The number of likely N-dealkylation sites (N-methyl/N-ethyl adjacent to an activating group) is 1. The van der Waals surface area contributed by atoms with E-state index in [0.717, 1.165) is 31.9 Å². The van der Waals surface area contributed by atoms with Crippen LogP contribution in [0.2, 0.25) is 0 Å². The standard InChI is InChI=1S/C14H21N3O3/c1-17(12-6-8-19-10-12)7-9-20-13-4-2-11(3-5-13)14(18)16-15/h2-5,12H,6-10,15H2,1H3,(H,16,18). The van der Waals surface area contributed by atoms with Gasteiger partial charge in [-0.3, -0.25) is 15.1 Å². The monoisotopic (exact) mass is 279 g/mol. The van der Waals surface area contributed by atoms with Gasteiger partial charge in [-0.25, -0.2) is 5.84 Å². The summed E-state index contributed by atoms with van der Waals surface area (Å²) in [6.07, 6.45) is 1.08. The number of benzene rings is 1. The minimum atomic E-state index is -0.308. The van der Waals surface area contributed by atoms with Crippen molar-refractivity contribution in [3.05, 3.63) is 29.8 Å². The molecule has 1 aliphatic heterocycles. The normalized spacial score (nSPS) is 18.2. The summed E-state index contributed by atoms with van der Waals surface area (Å²) in [6, 6.07) is 7.40. The fourth-order valence-electron chi connectivity index (χ4n) is 2.15. The number of nitrogens with two attached hydrogens (primary N) is 1. The Morgan fingerprint density at radius 2 is 2.25 bits per heavy atom. The maximum absolute atomic E-state index is 11.3. The smallest absolute Gasteiger partial charge is 0.265 e. The van der Waals surface area contributed by atoms with E-state index in [9.17, 15) is 4.79 Å². The molecular formula is C14H21N3O3. The number of rotatable bonds is 6. The van der Waals surface area contributed by atoms with Crippen molar-refractivity contribution in [1.82, 2.24) is 10.3 Å². The molecule has 0 bridgehead atoms. The molecule has 6 heteroatoms. The second-order valence-electron chi connectivity index (χ2n) is 4.84. The first-order chi connectivity index (χ1) is 9.70. The van der Waals surface area contributed by atoms with Gasteiger partial charge in [-0.15, -0.1) is 0 Å². The number of nitrogen functional groups attached to an aromatic ring is 1. The van der Waals surface area contributed by atoms with Crippen molar-refractivity contribution in [2.75, 3.05) is 33.4 Å². The number of hydrazine groups is 1. The predicted molar refractivity (Wildman–Crippen MR) is 75.4 cm³/mol. The molecule has 20 heavy (non-hydrogen) atoms. The van der Waals surface area contributed by atoms with E-state index < -0.39 is 0 Å². The van der Waals surface area contributed by atoms with E-state index in [1.807, 2.05) is 0 Å². The van der Waals surface area contributed by atoms with E-state index in [1.54, 1.807) is 24.3 Å². The molecule has 0 saturated carbocycles. The van der Waals surface area contributed by atoms with Gasteiger partial charge in [-0.05, 0) is 37.7 Å². The molecule has 1 aliphatic rings. The van der Waals surface area contributed by atoms with Gasteiger partial charge in [0.15, 0.2) is 0 Å². The Kier molecular flexibility index (Phi) is 5.34. The summed E-state index contributed by atoms with van der Waals surface area (Å²) in [4.78, 5) is 13.5. The lowest BCUT2D eigenvalue weighted by Gasteiger charge is -2.22. The molecule has 6 nitrogen and oxygen atoms in total. The van der Waals surface area contributed by atoms with Gasteiger partial charge < -0.3 is 9.47 Å². The molecule has 1 aromatic rings. The maximum atomic E-state index is 11.3. The average Bonchev–Trinajstić information content (AvgIpc) is 3.01. The third-order valence-corrected chi connectivity index (χ3v) is 3.49. The zero-order valence-corrected chi connectivity index (χ0v) is 11.7. The van der Waals surface area contributed by atoms with Crippen molar-refractivity contribution in [3.63, 3.8) is 0 Å². The molecule has 0 aliphatic carbocycles. The number of carbonyl (C=O) groups is 1. The van der Waals surface area contributed by atoms with Gasteiger partial charge in [0.05, 0.1) is 6.61 Å². The zero-order valence-electron chi connectivity index (χ0n) is 11.7. The summed E-state index contributed by atoms with van der Waals surface area (Å²) < 4.78 is 11.0. The van der Waals surface area contributed by atoms with Crippen LogP contribution in [-0.2, 0) is 4.74 Å². The number of hydrogen-bond acceptors (Lipinski definition) is 5.